The fraction of sp³-hybridized carbons (Fsp3) is 0.500. The van der Waals surface area contributed by atoms with E-state index in [-0.39, 0.29) is 23.3 Å². The zero-order chi connectivity index (χ0) is 8.43. The first-order valence-corrected chi connectivity index (χ1v) is 3.63. The maximum Gasteiger partial charge on any atom is 0.230 e. The second kappa shape index (κ2) is 2.96. The molecule has 4 nitrogen and oxygen atoms in total. The molecule has 1 heterocycles. The van der Waals surface area contributed by atoms with Gasteiger partial charge in [0.1, 0.15) is 0 Å². The number of nitrogens with two attached hydrogens (primary N) is 1. The Kier molecular flexibility index (Phi) is 2.19. The molecule has 1 fully saturated rings. The van der Waals surface area contributed by atoms with Crippen molar-refractivity contribution in [3.8, 4) is 0 Å². The number of thiocarbonyl (C=S) groups is 1. The lowest BCUT2D eigenvalue weighted by atomic mass is 10.4. The molecule has 0 aromatic heterocycles. The molecule has 0 spiro atoms. The first-order chi connectivity index (χ1) is 5.11. The van der Waals surface area contributed by atoms with Crippen molar-refractivity contribution < 1.29 is 9.59 Å². The van der Waals surface area contributed by atoms with Gasteiger partial charge in [-0.1, -0.05) is 12.2 Å². The fourth-order valence-electron chi connectivity index (χ4n) is 0.955. The summed E-state index contributed by atoms with van der Waals surface area (Å²) in [5.41, 5.74) is 5.18. The highest BCUT2D eigenvalue weighted by Gasteiger charge is 2.28. The molecule has 0 radical (unpaired) electrons. The van der Waals surface area contributed by atoms with Crippen LogP contribution in [-0.4, -0.2) is 28.2 Å². The van der Waals surface area contributed by atoms with E-state index in [0.29, 0.717) is 12.8 Å². The molecule has 0 bridgehead atoms. The van der Waals surface area contributed by atoms with Crippen molar-refractivity contribution in [2.24, 2.45) is 5.73 Å². The number of carbonyl (C=O) groups is 2. The lowest BCUT2D eigenvalue weighted by Crippen LogP contribution is -2.36. The number of hydrogen-bond acceptors (Lipinski definition) is 3. The molecule has 11 heavy (non-hydrogen) atoms. The molecule has 5 heteroatoms. The van der Waals surface area contributed by atoms with Crippen molar-refractivity contribution in [1.29, 1.82) is 0 Å². The average molecular weight is 172 g/mol. The van der Waals surface area contributed by atoms with Crippen LogP contribution >= 0.6 is 12.2 Å². The molecule has 0 aliphatic carbocycles. The van der Waals surface area contributed by atoms with Gasteiger partial charge in [-0.15, -0.1) is 0 Å². The van der Waals surface area contributed by atoms with E-state index in [1.165, 1.54) is 0 Å². The Morgan fingerprint density at radius 1 is 1.45 bits per heavy atom. The van der Waals surface area contributed by atoms with Crippen LogP contribution in [0.15, 0.2) is 0 Å². The van der Waals surface area contributed by atoms with E-state index in [0.717, 1.165) is 4.90 Å². The second-order valence-electron chi connectivity index (χ2n) is 2.34. The molecule has 1 rings (SSSR count). The van der Waals surface area contributed by atoms with Crippen molar-refractivity contribution in [2.45, 2.75) is 12.8 Å². The monoisotopic (exact) mass is 172 g/mol. The van der Waals surface area contributed by atoms with Crippen LogP contribution in [0.5, 0.6) is 0 Å². The normalized spacial score (nSPS) is 17.6. The van der Waals surface area contributed by atoms with Gasteiger partial charge in [0.15, 0.2) is 0 Å². The maximum absolute atomic E-state index is 10.9. The van der Waals surface area contributed by atoms with E-state index < -0.39 is 0 Å². The quantitative estimate of drug-likeness (QED) is 0.447. The summed E-state index contributed by atoms with van der Waals surface area (Å²) in [4.78, 5) is 23.1. The van der Waals surface area contributed by atoms with Gasteiger partial charge in [-0.05, 0) is 0 Å². The van der Waals surface area contributed by atoms with E-state index in [1.54, 1.807) is 0 Å². The molecule has 0 aromatic rings. The second-order valence-corrected chi connectivity index (χ2v) is 2.86. The van der Waals surface area contributed by atoms with Crippen LogP contribution in [0.2, 0.25) is 0 Å². The number of amides is 2. The van der Waals surface area contributed by atoms with Crippen LogP contribution in [0.3, 0.4) is 0 Å². The van der Waals surface area contributed by atoms with Crippen molar-refractivity contribution in [1.82, 2.24) is 4.90 Å². The Morgan fingerprint density at radius 2 is 1.91 bits per heavy atom. The van der Waals surface area contributed by atoms with Gasteiger partial charge in [-0.25, -0.2) is 0 Å². The van der Waals surface area contributed by atoms with Gasteiger partial charge in [-0.3, -0.25) is 14.5 Å². The largest absolute Gasteiger partial charge is 0.392 e. The van der Waals surface area contributed by atoms with Gasteiger partial charge in [0.2, 0.25) is 11.8 Å². The summed E-state index contributed by atoms with van der Waals surface area (Å²) in [6, 6.07) is 0. The molecule has 1 aliphatic heterocycles. The molecule has 0 saturated carbocycles. The molecule has 0 unspecified atom stereocenters. The third-order valence-electron chi connectivity index (χ3n) is 1.47. The number of likely N-dealkylation sites (tertiary alicyclic amines) is 1. The molecule has 2 amide bonds. The number of rotatable bonds is 2. The Hall–Kier alpha value is -0.970. The highest BCUT2D eigenvalue weighted by atomic mass is 32.1. The van der Waals surface area contributed by atoms with Crippen molar-refractivity contribution in [3.63, 3.8) is 0 Å². The van der Waals surface area contributed by atoms with E-state index >= 15 is 0 Å². The van der Waals surface area contributed by atoms with Crippen LogP contribution in [0.25, 0.3) is 0 Å². The summed E-state index contributed by atoms with van der Waals surface area (Å²) in [5.74, 6) is -0.356. The van der Waals surface area contributed by atoms with Gasteiger partial charge in [-0.2, -0.15) is 0 Å². The van der Waals surface area contributed by atoms with Crippen LogP contribution in [0, 0.1) is 0 Å². The van der Waals surface area contributed by atoms with Crippen LogP contribution in [0.1, 0.15) is 12.8 Å². The lowest BCUT2D eigenvalue weighted by Gasteiger charge is -2.11. The molecule has 0 aromatic carbocycles. The summed E-state index contributed by atoms with van der Waals surface area (Å²) in [7, 11) is 0. The smallest absolute Gasteiger partial charge is 0.230 e. The van der Waals surface area contributed by atoms with Gasteiger partial charge in [0.25, 0.3) is 0 Å². The number of imide groups is 1. The molecule has 60 valence electrons. The Balaban J connectivity index is 2.62. The fourth-order valence-corrected chi connectivity index (χ4v) is 1.08. The molecule has 1 saturated heterocycles. The summed E-state index contributed by atoms with van der Waals surface area (Å²) < 4.78 is 0. The van der Waals surface area contributed by atoms with Crippen LogP contribution in [0.4, 0.5) is 0 Å². The van der Waals surface area contributed by atoms with E-state index in [4.69, 9.17) is 5.73 Å². The highest BCUT2D eigenvalue weighted by molar-refractivity contribution is 7.80. The zero-order valence-electron chi connectivity index (χ0n) is 5.87. The van der Waals surface area contributed by atoms with Gasteiger partial charge < -0.3 is 5.73 Å². The third-order valence-corrected chi connectivity index (χ3v) is 1.60. The van der Waals surface area contributed by atoms with Gasteiger partial charge in [0.05, 0.1) is 11.5 Å². The molecule has 2 N–H and O–H groups in total. The van der Waals surface area contributed by atoms with Crippen LogP contribution in [-0.2, 0) is 9.59 Å². The minimum Gasteiger partial charge on any atom is -0.392 e. The molecular weight excluding hydrogens is 164 g/mol. The predicted molar refractivity (Wildman–Crippen MR) is 42.7 cm³/mol. The van der Waals surface area contributed by atoms with Gasteiger partial charge in [0, 0.05) is 12.8 Å². The number of carbonyl (C=O) groups excluding carboxylic acids is 2. The number of nitrogens with zero attached hydrogens (tertiary/aromatic N) is 1. The highest BCUT2D eigenvalue weighted by Crippen LogP contribution is 2.10. The topological polar surface area (TPSA) is 63.4 Å². The van der Waals surface area contributed by atoms with E-state index in [2.05, 4.69) is 12.2 Å². The summed E-state index contributed by atoms with van der Waals surface area (Å²) >= 11 is 4.57. The zero-order valence-corrected chi connectivity index (χ0v) is 6.69. The summed E-state index contributed by atoms with van der Waals surface area (Å²) in [6.45, 7) is 0.0903. The Labute approximate surface area is 69.3 Å². The number of hydrogen-bond donors (Lipinski definition) is 1. The molecule has 0 atom stereocenters. The first kappa shape index (κ1) is 8.13. The molecular formula is C6H8N2O2S. The third kappa shape index (κ3) is 1.74. The minimum atomic E-state index is -0.178. The van der Waals surface area contributed by atoms with Gasteiger partial charge >= 0.3 is 0 Å². The van der Waals surface area contributed by atoms with E-state index in [9.17, 15) is 9.59 Å². The van der Waals surface area contributed by atoms with Crippen molar-refractivity contribution in [3.05, 3.63) is 0 Å². The standard InChI is InChI=1S/C6H8N2O2S/c7-4(11)3-8-5(9)1-2-6(8)10/h1-3H2,(H2,7,11). The maximum atomic E-state index is 10.9. The first-order valence-electron chi connectivity index (χ1n) is 3.23. The lowest BCUT2D eigenvalue weighted by molar-refractivity contribution is -0.137. The average Bonchev–Trinajstić information content (AvgIpc) is 2.18. The summed E-state index contributed by atoms with van der Waals surface area (Å²) in [6.07, 6.45) is 0.586. The van der Waals surface area contributed by atoms with Crippen molar-refractivity contribution >= 4 is 29.0 Å². The minimum absolute atomic E-state index is 0.0903. The summed E-state index contributed by atoms with van der Waals surface area (Å²) in [5, 5.41) is 0. The molecule has 1 aliphatic rings. The Bertz CT molecular complexity index is 211. The van der Waals surface area contributed by atoms with E-state index in [1.807, 2.05) is 0 Å². The van der Waals surface area contributed by atoms with Crippen LogP contribution < -0.4 is 5.73 Å². The van der Waals surface area contributed by atoms with Crippen molar-refractivity contribution in [2.75, 3.05) is 6.54 Å². The SMILES string of the molecule is NC(=S)CN1C(=O)CCC1=O. The predicted octanol–water partition coefficient (Wildman–Crippen LogP) is -0.579. The Morgan fingerprint density at radius 3 is 2.27 bits per heavy atom.